The largest absolute Gasteiger partial charge is 0.478 e. The van der Waals surface area contributed by atoms with Gasteiger partial charge in [0.1, 0.15) is 18.0 Å². The smallest absolute Gasteiger partial charge is 0.309 e. The fourth-order valence-electron chi connectivity index (χ4n) is 4.80. The Labute approximate surface area is 242 Å². The Balaban J connectivity index is 1.48. The van der Waals surface area contributed by atoms with Gasteiger partial charge in [-0.1, -0.05) is 49.7 Å². The van der Waals surface area contributed by atoms with Gasteiger partial charge in [0, 0.05) is 24.7 Å². The Morgan fingerprint density at radius 3 is 2.44 bits per heavy atom. The van der Waals surface area contributed by atoms with Gasteiger partial charge in [-0.2, -0.15) is 4.98 Å². The molecule has 0 atom stereocenters. The van der Waals surface area contributed by atoms with Crippen molar-refractivity contribution in [1.82, 2.24) is 4.98 Å². The van der Waals surface area contributed by atoms with Crippen LogP contribution in [0.25, 0.3) is 11.1 Å². The third kappa shape index (κ3) is 8.67. The Hall–Kier alpha value is -3.65. The van der Waals surface area contributed by atoms with Crippen LogP contribution in [-0.4, -0.2) is 47.0 Å². The van der Waals surface area contributed by atoms with Crippen molar-refractivity contribution in [3.05, 3.63) is 72.0 Å². The number of hydrogen-bond acceptors (Lipinski definition) is 7. The highest BCUT2D eigenvalue weighted by molar-refractivity contribution is 5.72. The molecule has 8 heteroatoms. The van der Waals surface area contributed by atoms with Crippen molar-refractivity contribution in [2.75, 3.05) is 24.6 Å². The molecule has 0 amide bonds. The maximum absolute atomic E-state index is 15.5. The van der Waals surface area contributed by atoms with Crippen molar-refractivity contribution >= 4 is 11.7 Å². The van der Waals surface area contributed by atoms with Crippen molar-refractivity contribution in [1.29, 1.82) is 0 Å². The van der Waals surface area contributed by atoms with Gasteiger partial charge in [-0.15, -0.1) is 0 Å². The van der Waals surface area contributed by atoms with Gasteiger partial charge in [0.05, 0.1) is 24.3 Å². The molecule has 1 aromatic heterocycles. The molecular weight excluding hydrogens is 523 g/mol. The van der Waals surface area contributed by atoms with E-state index in [1.54, 1.807) is 32.9 Å². The highest BCUT2D eigenvalue weighted by Crippen LogP contribution is 2.36. The molecule has 0 unspecified atom stereocenters. The molecule has 41 heavy (non-hydrogen) atoms. The normalized spacial score (nSPS) is 14.9. The van der Waals surface area contributed by atoms with E-state index in [1.807, 2.05) is 47.4 Å². The quantitative estimate of drug-likeness (QED) is 0.205. The number of anilines is 1. The molecule has 1 aliphatic heterocycles. The number of nitrogens with zero attached hydrogens (tertiary/aromatic N) is 2. The van der Waals surface area contributed by atoms with Crippen LogP contribution in [0.5, 0.6) is 11.8 Å². The van der Waals surface area contributed by atoms with Crippen molar-refractivity contribution in [2.24, 2.45) is 0 Å². The van der Waals surface area contributed by atoms with E-state index in [1.165, 1.54) is 6.07 Å². The van der Waals surface area contributed by atoms with E-state index in [0.717, 1.165) is 18.4 Å². The first-order valence-electron chi connectivity index (χ1n) is 14.3. The summed E-state index contributed by atoms with van der Waals surface area (Å²) in [5.41, 5.74) is 0.985. The average molecular weight is 565 g/mol. The number of benzene rings is 2. The zero-order valence-electron chi connectivity index (χ0n) is 24.5. The molecule has 4 rings (SSSR count). The lowest BCUT2D eigenvalue weighted by molar-refractivity contribution is -0.161. The number of rotatable bonds is 11. The van der Waals surface area contributed by atoms with Gasteiger partial charge in [0.25, 0.3) is 0 Å². The van der Waals surface area contributed by atoms with Gasteiger partial charge in [0.15, 0.2) is 0 Å². The van der Waals surface area contributed by atoms with Gasteiger partial charge >= 0.3 is 5.97 Å². The highest BCUT2D eigenvalue weighted by Gasteiger charge is 2.36. The summed E-state index contributed by atoms with van der Waals surface area (Å²) in [4.78, 5) is 18.8. The summed E-state index contributed by atoms with van der Waals surface area (Å²) < 4.78 is 32.8. The molecule has 2 aromatic carbocycles. The van der Waals surface area contributed by atoms with Crippen LogP contribution < -0.4 is 14.4 Å². The number of piperidine rings is 1. The summed E-state index contributed by atoms with van der Waals surface area (Å²) in [6.07, 6.45) is 2.55. The third-order valence-corrected chi connectivity index (χ3v) is 6.99. The van der Waals surface area contributed by atoms with Gasteiger partial charge in [-0.3, -0.25) is 4.79 Å². The summed E-state index contributed by atoms with van der Waals surface area (Å²) in [6.45, 7) is 9.22. The van der Waals surface area contributed by atoms with E-state index in [4.69, 9.17) is 14.2 Å². The van der Waals surface area contributed by atoms with Crippen LogP contribution in [0.1, 0.15) is 65.4 Å². The van der Waals surface area contributed by atoms with Crippen LogP contribution in [0.4, 0.5) is 10.1 Å². The predicted molar refractivity (Wildman–Crippen MR) is 158 cm³/mol. The Morgan fingerprint density at radius 1 is 1.05 bits per heavy atom. The summed E-state index contributed by atoms with van der Waals surface area (Å²) in [5.74, 6) is 0.0387. The predicted octanol–water partition coefficient (Wildman–Crippen LogP) is 6.71. The first kappa shape index (κ1) is 30.3. The topological polar surface area (TPSA) is 81.1 Å². The zero-order valence-corrected chi connectivity index (χ0v) is 24.5. The van der Waals surface area contributed by atoms with Gasteiger partial charge in [-0.25, -0.2) is 4.39 Å². The lowest BCUT2D eigenvalue weighted by atomic mass is 9.88. The molecular formula is C33H41FN2O5. The van der Waals surface area contributed by atoms with E-state index < -0.39 is 17.2 Å². The summed E-state index contributed by atoms with van der Waals surface area (Å²) in [7, 11) is 0. The Kier molecular flexibility index (Phi) is 9.86. The van der Waals surface area contributed by atoms with Crippen LogP contribution in [0, 0.1) is 5.82 Å². The summed E-state index contributed by atoms with van der Waals surface area (Å²) in [5, 5.41) is 11.0. The van der Waals surface area contributed by atoms with E-state index in [2.05, 4.69) is 11.9 Å². The molecule has 3 aromatic rings. The van der Waals surface area contributed by atoms with Crippen molar-refractivity contribution in [3.8, 4) is 22.9 Å². The number of aromatic nitrogens is 1. The van der Waals surface area contributed by atoms with Crippen LogP contribution in [0.15, 0.2) is 60.7 Å². The van der Waals surface area contributed by atoms with Crippen LogP contribution in [0.3, 0.4) is 0 Å². The van der Waals surface area contributed by atoms with Gasteiger partial charge in [-0.05, 0) is 69.4 Å². The Morgan fingerprint density at radius 2 is 1.78 bits per heavy atom. The number of unbranched alkanes of at least 4 members (excludes halogenated alkanes) is 1. The minimum atomic E-state index is -1.16. The molecule has 220 valence electrons. The first-order chi connectivity index (χ1) is 19.5. The monoisotopic (exact) mass is 564 g/mol. The molecule has 1 saturated heterocycles. The molecule has 0 bridgehead atoms. The highest BCUT2D eigenvalue weighted by atomic mass is 19.1. The molecule has 0 saturated carbocycles. The van der Waals surface area contributed by atoms with E-state index >= 15 is 4.39 Å². The lowest BCUT2D eigenvalue weighted by Crippen LogP contribution is -2.46. The molecule has 1 aliphatic rings. The standard InChI is InChI=1S/C33H41FN2O5/c1-5-6-20-39-29-15-13-26(31(35-29)40-23-24-10-8-7-9-11-24)25-12-14-28(27(34)21-25)36-18-16-33(38,17-19-36)22-30(37)41-32(2,3)4/h7-15,21,38H,5-6,16-20,22-23H2,1-4H3. The van der Waals surface area contributed by atoms with Crippen molar-refractivity contribution < 1.29 is 28.5 Å². The third-order valence-electron chi connectivity index (χ3n) is 6.99. The average Bonchev–Trinajstić information content (AvgIpc) is 2.92. The van der Waals surface area contributed by atoms with Crippen molar-refractivity contribution in [3.63, 3.8) is 0 Å². The minimum Gasteiger partial charge on any atom is -0.478 e. The van der Waals surface area contributed by atoms with Crippen LogP contribution >= 0.6 is 0 Å². The maximum Gasteiger partial charge on any atom is 0.309 e. The molecule has 2 heterocycles. The summed E-state index contributed by atoms with van der Waals surface area (Å²) >= 11 is 0. The maximum atomic E-state index is 15.5. The van der Waals surface area contributed by atoms with E-state index in [0.29, 0.717) is 67.7 Å². The van der Waals surface area contributed by atoms with Crippen molar-refractivity contribution in [2.45, 2.75) is 77.6 Å². The van der Waals surface area contributed by atoms with E-state index in [-0.39, 0.29) is 12.2 Å². The minimum absolute atomic E-state index is 0.0730. The Bertz CT molecular complexity index is 1300. The molecule has 0 spiro atoms. The molecule has 7 nitrogen and oxygen atoms in total. The second-order valence-corrected chi connectivity index (χ2v) is 11.6. The number of hydrogen-bond donors (Lipinski definition) is 1. The number of ether oxygens (including phenoxy) is 3. The SMILES string of the molecule is CCCCOc1ccc(-c2ccc(N3CCC(O)(CC(=O)OC(C)(C)C)CC3)c(F)c2)c(OCc2ccccc2)n1. The summed E-state index contributed by atoms with van der Waals surface area (Å²) in [6, 6.07) is 18.5. The number of pyridine rings is 1. The number of halogens is 1. The number of carbonyl (C=O) groups excluding carboxylic acids is 1. The fourth-order valence-corrected chi connectivity index (χ4v) is 4.80. The second kappa shape index (κ2) is 13.3. The number of aliphatic hydroxyl groups is 1. The molecule has 0 aliphatic carbocycles. The molecule has 1 N–H and O–H groups in total. The van der Waals surface area contributed by atoms with Gasteiger partial charge in [0.2, 0.25) is 11.8 Å². The number of carbonyl (C=O) groups is 1. The second-order valence-electron chi connectivity index (χ2n) is 11.6. The number of esters is 1. The van der Waals surface area contributed by atoms with Crippen LogP contribution in [0.2, 0.25) is 0 Å². The lowest BCUT2D eigenvalue weighted by Gasteiger charge is -2.39. The molecule has 1 fully saturated rings. The van der Waals surface area contributed by atoms with Gasteiger partial charge < -0.3 is 24.2 Å². The van der Waals surface area contributed by atoms with E-state index in [9.17, 15) is 9.90 Å². The molecule has 0 radical (unpaired) electrons. The first-order valence-corrected chi connectivity index (χ1v) is 14.3. The van der Waals surface area contributed by atoms with Crippen LogP contribution in [-0.2, 0) is 16.1 Å². The zero-order chi connectivity index (χ0) is 29.5. The fraction of sp³-hybridized carbons (Fsp3) is 0.455.